The minimum atomic E-state index is -0.0922. The molecular formula is C10H10BrClN2O. The van der Waals surface area contributed by atoms with Crippen LogP contribution >= 0.6 is 27.5 Å². The fraction of sp³-hybridized carbons (Fsp3) is 0.200. The predicted octanol–water partition coefficient (Wildman–Crippen LogP) is 3.04. The van der Waals surface area contributed by atoms with Gasteiger partial charge in [0.05, 0.1) is 9.50 Å². The molecule has 15 heavy (non-hydrogen) atoms. The lowest BCUT2D eigenvalue weighted by Gasteiger charge is -2.19. The summed E-state index contributed by atoms with van der Waals surface area (Å²) in [5.74, 6) is 0.456. The van der Waals surface area contributed by atoms with Crippen LogP contribution in [0.5, 0.6) is 0 Å². The van der Waals surface area contributed by atoms with E-state index in [1.165, 1.54) is 18.0 Å². The van der Waals surface area contributed by atoms with Crippen molar-refractivity contribution >= 4 is 39.3 Å². The van der Waals surface area contributed by atoms with Crippen molar-refractivity contribution in [2.75, 3.05) is 11.4 Å². The van der Waals surface area contributed by atoms with E-state index in [0.29, 0.717) is 21.9 Å². The monoisotopic (exact) mass is 288 g/mol. The Kier molecular flexibility index (Phi) is 4.29. The summed E-state index contributed by atoms with van der Waals surface area (Å²) in [4.78, 5) is 17.0. The van der Waals surface area contributed by atoms with Crippen LogP contribution in [0.15, 0.2) is 29.4 Å². The smallest absolute Gasteiger partial charge is 0.225 e. The average molecular weight is 290 g/mol. The van der Waals surface area contributed by atoms with Crippen LogP contribution in [0.25, 0.3) is 0 Å². The van der Waals surface area contributed by atoms with Gasteiger partial charge in [-0.3, -0.25) is 9.69 Å². The van der Waals surface area contributed by atoms with E-state index >= 15 is 0 Å². The van der Waals surface area contributed by atoms with Crippen molar-refractivity contribution < 1.29 is 4.79 Å². The second-order valence-corrected chi connectivity index (χ2v) is 4.17. The number of carbonyl (C=O) groups excluding carboxylic acids is 1. The van der Waals surface area contributed by atoms with Crippen molar-refractivity contribution in [3.8, 4) is 0 Å². The first-order valence-corrected chi connectivity index (χ1v) is 5.43. The highest BCUT2D eigenvalue weighted by molar-refractivity contribution is 9.10. The third-order valence-electron chi connectivity index (χ3n) is 1.74. The maximum atomic E-state index is 11.4. The van der Waals surface area contributed by atoms with Crippen molar-refractivity contribution in [1.82, 2.24) is 4.98 Å². The number of rotatable bonds is 3. The molecule has 0 bridgehead atoms. The van der Waals surface area contributed by atoms with Gasteiger partial charge in [-0.25, -0.2) is 4.98 Å². The molecule has 0 unspecified atom stereocenters. The van der Waals surface area contributed by atoms with Crippen molar-refractivity contribution in [1.29, 1.82) is 0 Å². The highest BCUT2D eigenvalue weighted by atomic mass is 79.9. The average Bonchev–Trinajstić information content (AvgIpc) is 2.15. The second kappa shape index (κ2) is 5.28. The molecule has 0 aliphatic rings. The maximum Gasteiger partial charge on any atom is 0.225 e. The highest BCUT2D eigenvalue weighted by Crippen LogP contribution is 2.26. The molecule has 0 N–H and O–H groups in total. The molecule has 5 heteroatoms. The third kappa shape index (κ3) is 3.04. The van der Waals surface area contributed by atoms with E-state index in [2.05, 4.69) is 27.5 Å². The van der Waals surface area contributed by atoms with Gasteiger partial charge in [-0.05, 0) is 22.0 Å². The summed E-state index contributed by atoms with van der Waals surface area (Å²) in [7, 11) is 0. The SMILES string of the molecule is C=CCN(C(C)=O)c1ncc(Cl)cc1Br. The molecule has 1 aromatic rings. The Morgan fingerprint density at radius 2 is 2.47 bits per heavy atom. The quantitative estimate of drug-likeness (QED) is 0.801. The maximum absolute atomic E-state index is 11.4. The Morgan fingerprint density at radius 3 is 2.93 bits per heavy atom. The Balaban J connectivity index is 3.10. The molecule has 80 valence electrons. The van der Waals surface area contributed by atoms with E-state index in [0.717, 1.165) is 0 Å². The number of anilines is 1. The number of carbonyl (C=O) groups is 1. The van der Waals surface area contributed by atoms with Crippen LogP contribution in [0.1, 0.15) is 6.92 Å². The van der Waals surface area contributed by atoms with Gasteiger partial charge in [0.25, 0.3) is 0 Å². The van der Waals surface area contributed by atoms with Gasteiger partial charge in [0, 0.05) is 19.7 Å². The number of amides is 1. The van der Waals surface area contributed by atoms with Gasteiger partial charge in [-0.1, -0.05) is 17.7 Å². The molecule has 0 fully saturated rings. The van der Waals surface area contributed by atoms with E-state index in [1.54, 1.807) is 12.1 Å². The molecule has 0 saturated heterocycles. The van der Waals surface area contributed by atoms with Crippen molar-refractivity contribution in [2.24, 2.45) is 0 Å². The van der Waals surface area contributed by atoms with Crippen molar-refractivity contribution in [3.63, 3.8) is 0 Å². The number of halogens is 2. The van der Waals surface area contributed by atoms with Gasteiger partial charge >= 0.3 is 0 Å². The number of hydrogen-bond acceptors (Lipinski definition) is 2. The topological polar surface area (TPSA) is 33.2 Å². The van der Waals surface area contributed by atoms with E-state index in [1.807, 2.05) is 0 Å². The molecule has 3 nitrogen and oxygen atoms in total. The van der Waals surface area contributed by atoms with Gasteiger partial charge < -0.3 is 0 Å². The minimum Gasteiger partial charge on any atom is -0.292 e. The fourth-order valence-electron chi connectivity index (χ4n) is 1.10. The zero-order valence-electron chi connectivity index (χ0n) is 8.20. The second-order valence-electron chi connectivity index (χ2n) is 2.88. The molecule has 0 atom stereocenters. The standard InChI is InChI=1S/C10H10BrClN2O/c1-3-4-14(7(2)15)10-9(11)5-8(12)6-13-10/h3,5-6H,1,4H2,2H3. The normalized spacial score (nSPS) is 9.80. The first-order chi connectivity index (χ1) is 7.06. The largest absolute Gasteiger partial charge is 0.292 e. The summed E-state index contributed by atoms with van der Waals surface area (Å²) >= 11 is 9.07. The molecular weight excluding hydrogens is 279 g/mol. The molecule has 0 spiro atoms. The summed E-state index contributed by atoms with van der Waals surface area (Å²) in [6.07, 6.45) is 3.14. The van der Waals surface area contributed by atoms with Gasteiger partial charge in [0.15, 0.2) is 0 Å². The Hall–Kier alpha value is -0.870. The lowest BCUT2D eigenvalue weighted by Crippen LogP contribution is -2.29. The number of aromatic nitrogens is 1. The van der Waals surface area contributed by atoms with Gasteiger partial charge in [0.1, 0.15) is 5.82 Å². The zero-order chi connectivity index (χ0) is 11.4. The van der Waals surface area contributed by atoms with Crippen LogP contribution in [0.4, 0.5) is 5.82 Å². The molecule has 1 aromatic heterocycles. The Bertz CT molecular complexity index is 395. The van der Waals surface area contributed by atoms with Gasteiger partial charge in [-0.2, -0.15) is 0 Å². The van der Waals surface area contributed by atoms with Crippen molar-refractivity contribution in [2.45, 2.75) is 6.92 Å². The summed E-state index contributed by atoms with van der Waals surface area (Å²) in [5.41, 5.74) is 0. The van der Waals surface area contributed by atoms with Crippen LogP contribution in [0.3, 0.4) is 0 Å². The molecule has 0 saturated carbocycles. The van der Waals surface area contributed by atoms with Crippen LogP contribution in [0, 0.1) is 0 Å². The summed E-state index contributed by atoms with van der Waals surface area (Å²) in [6, 6.07) is 1.70. The van der Waals surface area contributed by atoms with Crippen LogP contribution in [-0.2, 0) is 4.79 Å². The molecule has 1 amide bonds. The highest BCUT2D eigenvalue weighted by Gasteiger charge is 2.14. The molecule has 0 radical (unpaired) electrons. The minimum absolute atomic E-state index is 0.0922. The Morgan fingerprint density at radius 1 is 1.80 bits per heavy atom. The number of nitrogens with zero attached hydrogens (tertiary/aromatic N) is 2. The molecule has 1 heterocycles. The predicted molar refractivity (Wildman–Crippen MR) is 65.2 cm³/mol. The van der Waals surface area contributed by atoms with E-state index < -0.39 is 0 Å². The lowest BCUT2D eigenvalue weighted by atomic mass is 10.4. The van der Waals surface area contributed by atoms with E-state index in [9.17, 15) is 4.79 Å². The van der Waals surface area contributed by atoms with Crippen LogP contribution in [0.2, 0.25) is 5.02 Å². The van der Waals surface area contributed by atoms with E-state index in [4.69, 9.17) is 11.6 Å². The van der Waals surface area contributed by atoms with E-state index in [-0.39, 0.29) is 5.91 Å². The summed E-state index contributed by atoms with van der Waals surface area (Å²) < 4.78 is 0.687. The first kappa shape index (κ1) is 12.2. The fourth-order valence-corrected chi connectivity index (χ4v) is 1.95. The molecule has 0 aliphatic carbocycles. The molecule has 0 aliphatic heterocycles. The van der Waals surface area contributed by atoms with Gasteiger partial charge in [0.2, 0.25) is 5.91 Å². The lowest BCUT2D eigenvalue weighted by molar-refractivity contribution is -0.116. The summed E-state index contributed by atoms with van der Waals surface area (Å²) in [5, 5.41) is 0.521. The number of hydrogen-bond donors (Lipinski definition) is 0. The third-order valence-corrected chi connectivity index (χ3v) is 2.53. The Labute approximate surface area is 102 Å². The van der Waals surface area contributed by atoms with Crippen molar-refractivity contribution in [3.05, 3.63) is 34.4 Å². The molecule has 1 rings (SSSR count). The summed E-state index contributed by atoms with van der Waals surface area (Å²) in [6.45, 7) is 5.49. The van der Waals surface area contributed by atoms with Crippen LogP contribution in [-0.4, -0.2) is 17.4 Å². The first-order valence-electron chi connectivity index (χ1n) is 4.26. The van der Waals surface area contributed by atoms with Gasteiger partial charge in [-0.15, -0.1) is 6.58 Å². The van der Waals surface area contributed by atoms with Crippen LogP contribution < -0.4 is 4.90 Å². The zero-order valence-corrected chi connectivity index (χ0v) is 10.5. The molecule has 0 aromatic carbocycles. The number of pyridine rings is 1.